The number of hydrogen-bond acceptors (Lipinski definition) is 4. The fraction of sp³-hybridized carbons (Fsp3) is 0.857. The average Bonchev–Trinajstić information content (AvgIpc) is 2.35. The normalized spacial score (nSPS) is 28.3. The largest absolute Gasteiger partial charge is 0.368 e. The molecule has 1 fully saturated rings. The maximum atomic E-state index is 11.9. The van der Waals surface area contributed by atoms with E-state index in [1.165, 1.54) is 0 Å². The van der Waals surface area contributed by atoms with Gasteiger partial charge < -0.3 is 22.1 Å². The van der Waals surface area contributed by atoms with Gasteiger partial charge in [0.05, 0.1) is 11.6 Å². The van der Waals surface area contributed by atoms with Crippen LogP contribution in [0, 0.1) is 5.92 Å². The van der Waals surface area contributed by atoms with E-state index in [-0.39, 0.29) is 29.8 Å². The molecule has 1 rings (SSSR count). The molecule has 2 amide bonds. The molecule has 1 aliphatic rings. The second-order valence-electron chi connectivity index (χ2n) is 6.19. The van der Waals surface area contributed by atoms with Gasteiger partial charge in [-0.05, 0) is 46.1 Å². The van der Waals surface area contributed by atoms with E-state index in [4.69, 9.17) is 11.5 Å². The number of nitrogens with two attached hydrogens (primary N) is 2. The Morgan fingerprint density at radius 2 is 2.00 bits per heavy atom. The zero-order valence-electron chi connectivity index (χ0n) is 12.7. The first-order valence-corrected chi connectivity index (χ1v) is 7.35. The highest BCUT2D eigenvalue weighted by molar-refractivity contribution is 5.85. The summed E-state index contributed by atoms with van der Waals surface area (Å²) in [7, 11) is 1.73. The zero-order chi connectivity index (χ0) is 15.3. The summed E-state index contributed by atoms with van der Waals surface area (Å²) in [6, 6.07) is -0.153. The minimum atomic E-state index is -0.646. The van der Waals surface area contributed by atoms with Gasteiger partial charge >= 0.3 is 0 Å². The van der Waals surface area contributed by atoms with Crippen LogP contribution in [0.15, 0.2) is 0 Å². The second kappa shape index (κ2) is 7.04. The van der Waals surface area contributed by atoms with Crippen molar-refractivity contribution in [3.63, 3.8) is 0 Å². The van der Waals surface area contributed by atoms with E-state index in [0.29, 0.717) is 12.8 Å². The Kier molecular flexibility index (Phi) is 5.95. The monoisotopic (exact) mass is 284 g/mol. The smallest absolute Gasteiger partial charge is 0.237 e. The van der Waals surface area contributed by atoms with E-state index < -0.39 is 5.54 Å². The molecule has 0 radical (unpaired) electrons. The summed E-state index contributed by atoms with van der Waals surface area (Å²) in [5.41, 5.74) is 10.3. The highest BCUT2D eigenvalue weighted by atomic mass is 16.2. The van der Waals surface area contributed by atoms with E-state index in [1.807, 2.05) is 13.8 Å². The molecule has 6 heteroatoms. The summed E-state index contributed by atoms with van der Waals surface area (Å²) in [5, 5.41) is 6.27. The van der Waals surface area contributed by atoms with Crippen molar-refractivity contribution in [1.29, 1.82) is 0 Å². The SMILES string of the molecule is CNC(CC1CCCC(NC(C)C)(C(N)=O)C1)C(N)=O. The lowest BCUT2D eigenvalue weighted by molar-refractivity contribution is -0.127. The van der Waals surface area contributed by atoms with Crippen LogP contribution in [0.2, 0.25) is 0 Å². The molecule has 0 saturated heterocycles. The van der Waals surface area contributed by atoms with Gasteiger partial charge in [-0.3, -0.25) is 9.59 Å². The molecule has 116 valence electrons. The molecule has 20 heavy (non-hydrogen) atoms. The summed E-state index contributed by atoms with van der Waals surface area (Å²) in [4.78, 5) is 23.2. The van der Waals surface area contributed by atoms with Gasteiger partial charge in [-0.2, -0.15) is 0 Å². The van der Waals surface area contributed by atoms with Gasteiger partial charge in [0.1, 0.15) is 0 Å². The highest BCUT2D eigenvalue weighted by Gasteiger charge is 2.42. The number of amides is 2. The third kappa shape index (κ3) is 4.18. The molecule has 3 unspecified atom stereocenters. The maximum Gasteiger partial charge on any atom is 0.237 e. The van der Waals surface area contributed by atoms with Gasteiger partial charge in [0, 0.05) is 6.04 Å². The summed E-state index contributed by atoms with van der Waals surface area (Å²) in [6.07, 6.45) is 4.02. The van der Waals surface area contributed by atoms with E-state index >= 15 is 0 Å². The van der Waals surface area contributed by atoms with Crippen molar-refractivity contribution in [2.24, 2.45) is 17.4 Å². The van der Waals surface area contributed by atoms with Gasteiger partial charge in [-0.25, -0.2) is 0 Å². The lowest BCUT2D eigenvalue weighted by Gasteiger charge is -2.41. The minimum absolute atomic E-state index is 0.192. The molecule has 0 aromatic heterocycles. The third-order valence-electron chi connectivity index (χ3n) is 4.15. The maximum absolute atomic E-state index is 11.9. The highest BCUT2D eigenvalue weighted by Crippen LogP contribution is 2.35. The molecular formula is C14H28N4O2. The molecule has 6 nitrogen and oxygen atoms in total. The minimum Gasteiger partial charge on any atom is -0.368 e. The van der Waals surface area contributed by atoms with Crippen molar-refractivity contribution in [3.05, 3.63) is 0 Å². The van der Waals surface area contributed by atoms with Gasteiger partial charge in [0.15, 0.2) is 0 Å². The quantitative estimate of drug-likeness (QED) is 0.521. The molecule has 3 atom stereocenters. The van der Waals surface area contributed by atoms with Crippen LogP contribution in [0.4, 0.5) is 0 Å². The zero-order valence-corrected chi connectivity index (χ0v) is 12.7. The van der Waals surface area contributed by atoms with Crippen molar-refractivity contribution in [2.45, 2.75) is 63.6 Å². The molecule has 1 aliphatic carbocycles. The van der Waals surface area contributed by atoms with Crippen LogP contribution in [0.3, 0.4) is 0 Å². The van der Waals surface area contributed by atoms with Crippen LogP contribution in [-0.2, 0) is 9.59 Å². The van der Waals surface area contributed by atoms with Gasteiger partial charge in [0.25, 0.3) is 0 Å². The summed E-state index contributed by atoms with van der Waals surface area (Å²) >= 11 is 0. The number of nitrogens with one attached hydrogen (secondary N) is 2. The first kappa shape index (κ1) is 16.9. The van der Waals surface area contributed by atoms with Crippen molar-refractivity contribution in [1.82, 2.24) is 10.6 Å². The van der Waals surface area contributed by atoms with Crippen LogP contribution in [0.5, 0.6) is 0 Å². The topological polar surface area (TPSA) is 110 Å². The van der Waals surface area contributed by atoms with Crippen molar-refractivity contribution < 1.29 is 9.59 Å². The molecule has 0 spiro atoms. The van der Waals surface area contributed by atoms with Gasteiger partial charge in [0.2, 0.25) is 11.8 Å². The Morgan fingerprint density at radius 3 is 2.45 bits per heavy atom. The average molecular weight is 284 g/mol. The Hall–Kier alpha value is -1.14. The lowest BCUT2D eigenvalue weighted by atomic mass is 9.72. The number of carbonyl (C=O) groups excluding carboxylic acids is 2. The molecule has 0 aliphatic heterocycles. The molecule has 0 bridgehead atoms. The molecule has 0 aromatic carbocycles. The Bertz CT molecular complexity index is 359. The van der Waals surface area contributed by atoms with Crippen molar-refractivity contribution in [3.8, 4) is 0 Å². The lowest BCUT2D eigenvalue weighted by Crippen LogP contribution is -2.60. The van der Waals surface area contributed by atoms with E-state index in [0.717, 1.165) is 19.3 Å². The summed E-state index contributed by atoms with van der Waals surface area (Å²) in [6.45, 7) is 4.02. The number of likely N-dealkylation sites (N-methyl/N-ethyl adjacent to an activating group) is 1. The van der Waals surface area contributed by atoms with Gasteiger partial charge in [-0.1, -0.05) is 12.8 Å². The predicted molar refractivity (Wildman–Crippen MR) is 78.8 cm³/mol. The van der Waals surface area contributed by atoms with E-state index in [2.05, 4.69) is 10.6 Å². The van der Waals surface area contributed by atoms with Gasteiger partial charge in [-0.15, -0.1) is 0 Å². The summed E-state index contributed by atoms with van der Waals surface area (Å²) in [5.74, 6) is -0.372. The molecule has 0 aromatic rings. The number of carbonyl (C=O) groups is 2. The first-order chi connectivity index (χ1) is 9.30. The van der Waals surface area contributed by atoms with Crippen LogP contribution in [0.25, 0.3) is 0 Å². The number of hydrogen-bond donors (Lipinski definition) is 4. The predicted octanol–water partition coefficient (Wildman–Crippen LogP) is -0.138. The van der Waals surface area contributed by atoms with Crippen LogP contribution in [-0.4, -0.2) is 36.5 Å². The van der Waals surface area contributed by atoms with E-state index in [1.54, 1.807) is 7.05 Å². The Balaban J connectivity index is 2.77. The number of rotatable bonds is 7. The van der Waals surface area contributed by atoms with E-state index in [9.17, 15) is 9.59 Å². The molecule has 1 saturated carbocycles. The molecular weight excluding hydrogens is 256 g/mol. The fourth-order valence-electron chi connectivity index (χ4n) is 3.28. The molecule has 0 heterocycles. The third-order valence-corrected chi connectivity index (χ3v) is 4.15. The standard InChI is InChI=1S/C14H28N4O2/c1-9(2)18-14(13(16)20)6-4-5-10(8-14)7-11(17-3)12(15)19/h9-11,17-18H,4-8H2,1-3H3,(H2,15,19)(H2,16,20). The number of primary amides is 2. The Morgan fingerprint density at radius 1 is 1.35 bits per heavy atom. The molecule has 6 N–H and O–H groups in total. The fourth-order valence-corrected chi connectivity index (χ4v) is 3.28. The van der Waals surface area contributed by atoms with Crippen molar-refractivity contribution in [2.75, 3.05) is 7.05 Å². The summed E-state index contributed by atoms with van der Waals surface area (Å²) < 4.78 is 0. The van der Waals surface area contributed by atoms with Crippen LogP contribution >= 0.6 is 0 Å². The second-order valence-corrected chi connectivity index (χ2v) is 6.19. The Labute approximate surface area is 121 Å². The van der Waals surface area contributed by atoms with Crippen molar-refractivity contribution >= 4 is 11.8 Å². The van der Waals surface area contributed by atoms with Crippen LogP contribution < -0.4 is 22.1 Å². The van der Waals surface area contributed by atoms with Crippen LogP contribution in [0.1, 0.15) is 46.0 Å². The first-order valence-electron chi connectivity index (χ1n) is 7.35.